The summed E-state index contributed by atoms with van der Waals surface area (Å²) >= 11 is 0. The number of benzene rings is 2. The monoisotopic (exact) mass is 272 g/mol. The van der Waals surface area contributed by atoms with Crippen molar-refractivity contribution in [3.05, 3.63) is 72.3 Å². The fourth-order valence-electron chi connectivity index (χ4n) is 3.33. The molecule has 1 aliphatic carbocycles. The average molecular weight is 272 g/mol. The third-order valence-electron chi connectivity index (χ3n) is 4.48. The molecule has 0 fully saturated rings. The summed E-state index contributed by atoms with van der Waals surface area (Å²) in [6, 6.07) is 15.4. The number of rotatable bonds is 1. The van der Waals surface area contributed by atoms with Crippen LogP contribution in [0.3, 0.4) is 0 Å². The number of aromatic nitrogens is 2. The van der Waals surface area contributed by atoms with Gasteiger partial charge >= 0.3 is 0 Å². The van der Waals surface area contributed by atoms with Gasteiger partial charge in [0, 0.05) is 23.4 Å². The van der Waals surface area contributed by atoms with Gasteiger partial charge in [-0.1, -0.05) is 50.2 Å². The number of fused-ring (bicyclic) bond motifs is 3. The molecule has 0 saturated heterocycles. The van der Waals surface area contributed by atoms with Crippen LogP contribution < -0.4 is 0 Å². The molecule has 3 aromatic rings. The van der Waals surface area contributed by atoms with Crippen molar-refractivity contribution in [2.45, 2.75) is 19.3 Å². The van der Waals surface area contributed by atoms with Gasteiger partial charge in [0.25, 0.3) is 0 Å². The van der Waals surface area contributed by atoms with Gasteiger partial charge in [-0.15, -0.1) is 0 Å². The third kappa shape index (κ3) is 1.72. The summed E-state index contributed by atoms with van der Waals surface area (Å²) in [5.74, 6) is 0. The summed E-state index contributed by atoms with van der Waals surface area (Å²) in [6.45, 7) is 4.59. The fourth-order valence-corrected chi connectivity index (χ4v) is 3.33. The molecule has 2 nitrogen and oxygen atoms in total. The number of hydrogen-bond acceptors (Lipinski definition) is 2. The zero-order valence-corrected chi connectivity index (χ0v) is 12.2. The van der Waals surface area contributed by atoms with Crippen molar-refractivity contribution in [2.24, 2.45) is 0 Å². The molecule has 0 bridgehead atoms. The summed E-state index contributed by atoms with van der Waals surface area (Å²) in [5, 5.41) is 0. The Balaban J connectivity index is 1.94. The van der Waals surface area contributed by atoms with Crippen LogP contribution in [0.4, 0.5) is 0 Å². The minimum absolute atomic E-state index is 0.0393. The van der Waals surface area contributed by atoms with Crippen LogP contribution in [-0.2, 0) is 5.41 Å². The molecular formula is C19H16N2. The molecule has 0 N–H and O–H groups in total. The lowest BCUT2D eigenvalue weighted by atomic mass is 9.82. The predicted molar refractivity (Wildman–Crippen MR) is 85.0 cm³/mol. The third-order valence-corrected chi connectivity index (χ3v) is 4.48. The van der Waals surface area contributed by atoms with Gasteiger partial charge in [-0.3, -0.25) is 0 Å². The molecule has 1 heterocycles. The molecule has 0 saturated carbocycles. The van der Waals surface area contributed by atoms with Crippen LogP contribution in [-0.4, -0.2) is 9.97 Å². The summed E-state index contributed by atoms with van der Waals surface area (Å²) in [7, 11) is 0. The molecular weight excluding hydrogens is 256 g/mol. The Morgan fingerprint density at radius 1 is 0.762 bits per heavy atom. The lowest BCUT2D eigenvalue weighted by molar-refractivity contribution is 0.660. The molecule has 1 aliphatic rings. The molecule has 0 unspecified atom stereocenters. The fraction of sp³-hybridized carbons (Fsp3) is 0.158. The van der Waals surface area contributed by atoms with E-state index in [1.807, 2.05) is 12.4 Å². The normalized spacial score (nSPS) is 14.6. The first-order valence-corrected chi connectivity index (χ1v) is 7.18. The molecule has 0 aliphatic heterocycles. The Kier molecular flexibility index (Phi) is 2.49. The highest BCUT2D eigenvalue weighted by Crippen LogP contribution is 2.49. The lowest BCUT2D eigenvalue weighted by Gasteiger charge is -2.21. The summed E-state index contributed by atoms with van der Waals surface area (Å²) in [4.78, 5) is 8.24. The van der Waals surface area contributed by atoms with Gasteiger partial charge in [0.1, 0.15) is 6.33 Å². The maximum Gasteiger partial charge on any atom is 0.115 e. The Bertz CT molecular complexity index is 820. The van der Waals surface area contributed by atoms with E-state index in [9.17, 15) is 0 Å². The summed E-state index contributed by atoms with van der Waals surface area (Å²) in [6.07, 6.45) is 5.30. The summed E-state index contributed by atoms with van der Waals surface area (Å²) < 4.78 is 0. The van der Waals surface area contributed by atoms with E-state index in [1.165, 1.54) is 27.8 Å². The van der Waals surface area contributed by atoms with E-state index >= 15 is 0 Å². The maximum absolute atomic E-state index is 4.12. The van der Waals surface area contributed by atoms with Crippen molar-refractivity contribution in [2.75, 3.05) is 0 Å². The van der Waals surface area contributed by atoms with Crippen LogP contribution in [0.25, 0.3) is 22.3 Å². The average Bonchev–Trinajstić information content (AvgIpc) is 2.77. The minimum atomic E-state index is 0.0393. The van der Waals surface area contributed by atoms with E-state index in [-0.39, 0.29) is 5.41 Å². The lowest BCUT2D eigenvalue weighted by Crippen LogP contribution is -2.14. The number of hydrogen-bond donors (Lipinski definition) is 0. The second-order valence-electron chi connectivity index (χ2n) is 6.06. The minimum Gasteiger partial charge on any atom is -0.244 e. The first kappa shape index (κ1) is 12.3. The van der Waals surface area contributed by atoms with Crippen LogP contribution in [0.15, 0.2) is 61.2 Å². The molecule has 0 amide bonds. The van der Waals surface area contributed by atoms with Gasteiger partial charge in [-0.2, -0.15) is 0 Å². The quantitative estimate of drug-likeness (QED) is 0.654. The highest BCUT2D eigenvalue weighted by Gasteiger charge is 2.35. The molecule has 102 valence electrons. The zero-order valence-electron chi connectivity index (χ0n) is 12.2. The van der Waals surface area contributed by atoms with Gasteiger partial charge in [0.2, 0.25) is 0 Å². The SMILES string of the molecule is CC1(C)c2ccccc2-c2ccc(-c3cncnc3)cc21. The molecule has 21 heavy (non-hydrogen) atoms. The van der Waals surface area contributed by atoms with E-state index in [1.54, 1.807) is 6.33 Å². The van der Waals surface area contributed by atoms with Gasteiger partial charge in [0.05, 0.1) is 0 Å². The van der Waals surface area contributed by atoms with Gasteiger partial charge in [0.15, 0.2) is 0 Å². The highest BCUT2D eigenvalue weighted by atomic mass is 14.8. The first-order chi connectivity index (χ1) is 10.2. The topological polar surface area (TPSA) is 25.8 Å². The van der Waals surface area contributed by atoms with Crippen molar-refractivity contribution in [1.29, 1.82) is 0 Å². The van der Waals surface area contributed by atoms with Crippen LogP contribution in [0.2, 0.25) is 0 Å². The van der Waals surface area contributed by atoms with Crippen LogP contribution in [0.1, 0.15) is 25.0 Å². The van der Waals surface area contributed by atoms with Crippen molar-refractivity contribution in [3.63, 3.8) is 0 Å². The molecule has 2 heteroatoms. The Morgan fingerprint density at radius 3 is 2.29 bits per heavy atom. The first-order valence-electron chi connectivity index (χ1n) is 7.18. The Morgan fingerprint density at radius 2 is 1.48 bits per heavy atom. The van der Waals surface area contributed by atoms with Gasteiger partial charge in [-0.25, -0.2) is 9.97 Å². The molecule has 1 aromatic heterocycles. The molecule has 0 spiro atoms. The largest absolute Gasteiger partial charge is 0.244 e. The van der Waals surface area contributed by atoms with E-state index in [2.05, 4.69) is 66.3 Å². The zero-order chi connectivity index (χ0) is 14.4. The summed E-state index contributed by atoms with van der Waals surface area (Å²) in [5.41, 5.74) is 7.76. The molecule has 0 atom stereocenters. The van der Waals surface area contributed by atoms with E-state index in [4.69, 9.17) is 0 Å². The van der Waals surface area contributed by atoms with Crippen molar-refractivity contribution in [1.82, 2.24) is 9.97 Å². The standard InChI is InChI=1S/C19H16N2/c1-19(2)17-6-4-3-5-15(17)16-8-7-13(9-18(16)19)14-10-20-12-21-11-14/h3-12H,1-2H3. The van der Waals surface area contributed by atoms with E-state index in [0.29, 0.717) is 0 Å². The van der Waals surface area contributed by atoms with Gasteiger partial charge in [-0.05, 0) is 33.9 Å². The smallest absolute Gasteiger partial charge is 0.115 e. The van der Waals surface area contributed by atoms with Crippen molar-refractivity contribution < 1.29 is 0 Å². The van der Waals surface area contributed by atoms with Crippen LogP contribution in [0.5, 0.6) is 0 Å². The highest BCUT2D eigenvalue weighted by molar-refractivity contribution is 5.83. The van der Waals surface area contributed by atoms with Gasteiger partial charge < -0.3 is 0 Å². The van der Waals surface area contributed by atoms with Crippen LogP contribution >= 0.6 is 0 Å². The Labute approximate surface area is 124 Å². The second-order valence-corrected chi connectivity index (χ2v) is 6.06. The molecule has 4 rings (SSSR count). The predicted octanol–water partition coefficient (Wildman–Crippen LogP) is 4.45. The number of nitrogens with zero attached hydrogens (tertiary/aromatic N) is 2. The van der Waals surface area contributed by atoms with E-state index < -0.39 is 0 Å². The molecule has 0 radical (unpaired) electrons. The van der Waals surface area contributed by atoms with Crippen molar-refractivity contribution >= 4 is 0 Å². The second kappa shape index (κ2) is 4.26. The van der Waals surface area contributed by atoms with E-state index in [0.717, 1.165) is 5.56 Å². The maximum atomic E-state index is 4.12. The molecule has 2 aromatic carbocycles. The van der Waals surface area contributed by atoms with Crippen molar-refractivity contribution in [3.8, 4) is 22.3 Å². The van der Waals surface area contributed by atoms with Crippen LogP contribution in [0, 0.1) is 0 Å². The Hall–Kier alpha value is -2.48.